The average molecular weight is 206 g/mol. The summed E-state index contributed by atoms with van der Waals surface area (Å²) in [6.45, 7) is 4.37. The Labute approximate surface area is 88.7 Å². The van der Waals surface area contributed by atoms with Gasteiger partial charge in [0.2, 0.25) is 0 Å². The molecule has 0 spiro atoms. The molecule has 1 heterocycles. The lowest BCUT2D eigenvalue weighted by molar-refractivity contribution is 0.869. The standard InChI is InChI=1S/C12H12ClN/c1-8(2)9-3-4-10-7-14-12(13)6-11(10)5-9/h3-8H,1-2H3. The number of hydrogen-bond acceptors (Lipinski definition) is 1. The third-order valence-corrected chi connectivity index (χ3v) is 2.59. The highest BCUT2D eigenvalue weighted by molar-refractivity contribution is 6.30. The van der Waals surface area contributed by atoms with Crippen LogP contribution in [0.3, 0.4) is 0 Å². The molecule has 0 aliphatic heterocycles. The van der Waals surface area contributed by atoms with E-state index in [0.29, 0.717) is 11.1 Å². The molecule has 2 aromatic rings. The second kappa shape index (κ2) is 3.58. The number of aromatic nitrogens is 1. The smallest absolute Gasteiger partial charge is 0.129 e. The van der Waals surface area contributed by atoms with Crippen LogP contribution in [0, 0.1) is 0 Å². The average Bonchev–Trinajstić information content (AvgIpc) is 2.16. The maximum atomic E-state index is 5.84. The SMILES string of the molecule is CC(C)c1ccc2cnc(Cl)cc2c1. The van der Waals surface area contributed by atoms with Crippen LogP contribution in [0.4, 0.5) is 0 Å². The summed E-state index contributed by atoms with van der Waals surface area (Å²) in [6.07, 6.45) is 1.81. The van der Waals surface area contributed by atoms with Crippen molar-refractivity contribution >= 4 is 22.4 Å². The van der Waals surface area contributed by atoms with Crippen molar-refractivity contribution in [1.82, 2.24) is 4.98 Å². The number of halogens is 1. The lowest BCUT2D eigenvalue weighted by Crippen LogP contribution is -1.87. The van der Waals surface area contributed by atoms with E-state index in [-0.39, 0.29) is 0 Å². The van der Waals surface area contributed by atoms with Crippen LogP contribution in [0.25, 0.3) is 10.8 Å². The van der Waals surface area contributed by atoms with Crippen LogP contribution in [0.15, 0.2) is 30.5 Å². The second-order valence-electron chi connectivity index (χ2n) is 3.77. The van der Waals surface area contributed by atoms with Gasteiger partial charge in [-0.2, -0.15) is 0 Å². The van der Waals surface area contributed by atoms with Gasteiger partial charge in [-0.1, -0.05) is 43.6 Å². The van der Waals surface area contributed by atoms with Crippen molar-refractivity contribution in [3.05, 3.63) is 41.2 Å². The van der Waals surface area contributed by atoms with Gasteiger partial charge in [0.15, 0.2) is 0 Å². The van der Waals surface area contributed by atoms with E-state index in [2.05, 4.69) is 37.0 Å². The molecule has 0 unspecified atom stereocenters. The molecule has 0 saturated heterocycles. The van der Waals surface area contributed by atoms with Gasteiger partial charge >= 0.3 is 0 Å². The van der Waals surface area contributed by atoms with E-state index < -0.39 is 0 Å². The summed E-state index contributed by atoms with van der Waals surface area (Å²) in [5.74, 6) is 0.548. The highest BCUT2D eigenvalue weighted by Gasteiger charge is 2.01. The second-order valence-corrected chi connectivity index (χ2v) is 4.16. The number of hydrogen-bond donors (Lipinski definition) is 0. The van der Waals surface area contributed by atoms with E-state index in [4.69, 9.17) is 11.6 Å². The van der Waals surface area contributed by atoms with Gasteiger partial charge < -0.3 is 0 Å². The van der Waals surface area contributed by atoms with Crippen molar-refractivity contribution in [3.63, 3.8) is 0 Å². The maximum absolute atomic E-state index is 5.84. The topological polar surface area (TPSA) is 12.9 Å². The Balaban J connectivity index is 2.63. The molecule has 1 nitrogen and oxygen atoms in total. The predicted octanol–water partition coefficient (Wildman–Crippen LogP) is 4.01. The van der Waals surface area contributed by atoms with E-state index in [9.17, 15) is 0 Å². The Bertz CT molecular complexity index is 463. The fraction of sp³-hybridized carbons (Fsp3) is 0.250. The molecule has 72 valence electrons. The molecule has 0 N–H and O–H groups in total. The Hall–Kier alpha value is -1.08. The lowest BCUT2D eigenvalue weighted by atomic mass is 10.0. The summed E-state index contributed by atoms with van der Waals surface area (Å²) in [5, 5.41) is 2.86. The Morgan fingerprint density at radius 3 is 2.64 bits per heavy atom. The molecule has 0 amide bonds. The molecule has 0 bridgehead atoms. The van der Waals surface area contributed by atoms with Gasteiger partial charge in [0, 0.05) is 11.6 Å². The maximum Gasteiger partial charge on any atom is 0.129 e. The van der Waals surface area contributed by atoms with E-state index in [0.717, 1.165) is 10.8 Å². The van der Waals surface area contributed by atoms with Gasteiger partial charge in [0.05, 0.1) is 0 Å². The molecule has 1 aromatic carbocycles. The molecule has 2 heteroatoms. The van der Waals surface area contributed by atoms with E-state index >= 15 is 0 Å². The zero-order valence-electron chi connectivity index (χ0n) is 8.29. The van der Waals surface area contributed by atoms with Crippen LogP contribution >= 0.6 is 11.6 Å². The van der Waals surface area contributed by atoms with Crippen LogP contribution < -0.4 is 0 Å². The van der Waals surface area contributed by atoms with Gasteiger partial charge in [0.1, 0.15) is 5.15 Å². The molecule has 1 aromatic heterocycles. The quantitative estimate of drug-likeness (QED) is 0.641. The largest absolute Gasteiger partial charge is 0.244 e. The van der Waals surface area contributed by atoms with Crippen LogP contribution in [-0.2, 0) is 0 Å². The van der Waals surface area contributed by atoms with Crippen LogP contribution in [0.1, 0.15) is 25.3 Å². The molecule has 0 saturated carbocycles. The minimum Gasteiger partial charge on any atom is -0.244 e. The van der Waals surface area contributed by atoms with E-state index in [1.807, 2.05) is 12.3 Å². The number of benzene rings is 1. The first-order valence-electron chi connectivity index (χ1n) is 4.72. The summed E-state index contributed by atoms with van der Waals surface area (Å²) in [6, 6.07) is 8.31. The molecule has 0 aliphatic carbocycles. The third-order valence-electron chi connectivity index (χ3n) is 2.38. The van der Waals surface area contributed by atoms with Gasteiger partial charge in [-0.3, -0.25) is 0 Å². The van der Waals surface area contributed by atoms with E-state index in [1.54, 1.807) is 0 Å². The first kappa shape index (κ1) is 9.47. The molecular weight excluding hydrogens is 194 g/mol. The van der Waals surface area contributed by atoms with Crippen molar-refractivity contribution in [2.45, 2.75) is 19.8 Å². The molecule has 0 aliphatic rings. The van der Waals surface area contributed by atoms with E-state index in [1.165, 1.54) is 5.56 Å². The highest BCUT2D eigenvalue weighted by Crippen LogP contribution is 2.22. The Morgan fingerprint density at radius 1 is 1.14 bits per heavy atom. The lowest BCUT2D eigenvalue weighted by Gasteiger charge is -2.06. The summed E-state index contributed by atoms with van der Waals surface area (Å²) in [5.41, 5.74) is 1.33. The van der Waals surface area contributed by atoms with Gasteiger partial charge in [-0.15, -0.1) is 0 Å². The first-order valence-corrected chi connectivity index (χ1v) is 5.10. The van der Waals surface area contributed by atoms with Crippen LogP contribution in [-0.4, -0.2) is 4.98 Å². The number of fused-ring (bicyclic) bond motifs is 1. The van der Waals surface area contributed by atoms with Crippen molar-refractivity contribution < 1.29 is 0 Å². The number of nitrogens with zero attached hydrogens (tertiary/aromatic N) is 1. The highest BCUT2D eigenvalue weighted by atomic mass is 35.5. The molecule has 0 radical (unpaired) electrons. The monoisotopic (exact) mass is 205 g/mol. The first-order chi connectivity index (χ1) is 6.66. The summed E-state index contributed by atoms with van der Waals surface area (Å²) in [7, 11) is 0. The van der Waals surface area contributed by atoms with Gasteiger partial charge in [-0.05, 0) is 22.9 Å². The summed E-state index contributed by atoms with van der Waals surface area (Å²) in [4.78, 5) is 4.05. The minimum absolute atomic E-state index is 0.548. The fourth-order valence-electron chi connectivity index (χ4n) is 1.49. The van der Waals surface area contributed by atoms with Crippen LogP contribution in [0.2, 0.25) is 5.15 Å². The van der Waals surface area contributed by atoms with Crippen molar-refractivity contribution in [3.8, 4) is 0 Å². The zero-order chi connectivity index (χ0) is 10.1. The summed E-state index contributed by atoms with van der Waals surface area (Å²) >= 11 is 5.84. The predicted molar refractivity (Wildman–Crippen MR) is 60.8 cm³/mol. The Morgan fingerprint density at radius 2 is 1.93 bits per heavy atom. The molecular formula is C12H12ClN. The van der Waals surface area contributed by atoms with Gasteiger partial charge in [-0.25, -0.2) is 4.98 Å². The normalized spacial score (nSPS) is 11.1. The minimum atomic E-state index is 0.548. The molecule has 0 atom stereocenters. The Kier molecular flexibility index (Phi) is 2.42. The number of rotatable bonds is 1. The molecule has 2 rings (SSSR count). The van der Waals surface area contributed by atoms with Crippen molar-refractivity contribution in [2.75, 3.05) is 0 Å². The fourth-order valence-corrected chi connectivity index (χ4v) is 1.66. The van der Waals surface area contributed by atoms with Crippen molar-refractivity contribution in [2.24, 2.45) is 0 Å². The molecule has 14 heavy (non-hydrogen) atoms. The zero-order valence-corrected chi connectivity index (χ0v) is 9.05. The third kappa shape index (κ3) is 1.73. The molecule has 0 fully saturated rings. The summed E-state index contributed by atoms with van der Waals surface area (Å²) < 4.78 is 0. The van der Waals surface area contributed by atoms with Crippen LogP contribution in [0.5, 0.6) is 0 Å². The number of pyridine rings is 1. The van der Waals surface area contributed by atoms with Crippen molar-refractivity contribution in [1.29, 1.82) is 0 Å². The van der Waals surface area contributed by atoms with Gasteiger partial charge in [0.25, 0.3) is 0 Å².